The van der Waals surface area contributed by atoms with Crippen molar-refractivity contribution in [2.24, 2.45) is 0 Å². The monoisotopic (exact) mass is 376 g/mol. The second-order valence-electron chi connectivity index (χ2n) is 7.57. The lowest BCUT2D eigenvalue weighted by Gasteiger charge is -2.32. The third kappa shape index (κ3) is 4.26. The number of hydrogen-bond donors (Lipinski definition) is 1. The number of carbonyl (C=O) groups is 1. The van der Waals surface area contributed by atoms with Gasteiger partial charge in [0.25, 0.3) is 5.91 Å². The summed E-state index contributed by atoms with van der Waals surface area (Å²) >= 11 is 0. The maximum Gasteiger partial charge on any atom is 0.253 e. The standard InChI is InChI=1S/C23H28N4O/c1-25-13-15-26(16-14-25)12-11-24-23(28)21-18-27(17-19-7-3-2-4-8-19)22-10-6-5-9-20(21)22/h2-10,18H,11-17H2,1H3,(H,24,28). The van der Waals surface area contributed by atoms with Gasteiger partial charge in [-0.3, -0.25) is 9.69 Å². The molecule has 1 aromatic heterocycles. The summed E-state index contributed by atoms with van der Waals surface area (Å²) in [4.78, 5) is 17.6. The van der Waals surface area contributed by atoms with Gasteiger partial charge < -0.3 is 14.8 Å². The Morgan fingerprint density at radius 2 is 1.68 bits per heavy atom. The number of likely N-dealkylation sites (N-methyl/N-ethyl adjacent to an activating group) is 1. The van der Waals surface area contributed by atoms with Crippen LogP contribution in [0.15, 0.2) is 60.8 Å². The van der Waals surface area contributed by atoms with Crippen molar-refractivity contribution in [3.63, 3.8) is 0 Å². The number of amides is 1. The van der Waals surface area contributed by atoms with Gasteiger partial charge in [-0.2, -0.15) is 0 Å². The van der Waals surface area contributed by atoms with Crippen molar-refractivity contribution < 1.29 is 4.79 Å². The molecule has 1 amide bonds. The maximum absolute atomic E-state index is 12.9. The fourth-order valence-electron chi connectivity index (χ4n) is 3.83. The Balaban J connectivity index is 1.45. The van der Waals surface area contributed by atoms with E-state index < -0.39 is 0 Å². The minimum atomic E-state index is 0.0112. The molecule has 3 aromatic rings. The van der Waals surface area contributed by atoms with Gasteiger partial charge in [0.05, 0.1) is 5.56 Å². The van der Waals surface area contributed by atoms with Gasteiger partial charge in [-0.25, -0.2) is 0 Å². The molecule has 2 heterocycles. The highest BCUT2D eigenvalue weighted by molar-refractivity contribution is 6.07. The molecule has 0 atom stereocenters. The molecule has 5 heteroatoms. The van der Waals surface area contributed by atoms with E-state index in [1.54, 1.807) is 0 Å². The van der Waals surface area contributed by atoms with Crippen LogP contribution >= 0.6 is 0 Å². The first-order valence-electron chi connectivity index (χ1n) is 10.0. The van der Waals surface area contributed by atoms with Crippen molar-refractivity contribution in [2.75, 3.05) is 46.3 Å². The van der Waals surface area contributed by atoms with Crippen LogP contribution in [0.3, 0.4) is 0 Å². The molecule has 1 N–H and O–H groups in total. The van der Waals surface area contributed by atoms with E-state index in [-0.39, 0.29) is 5.91 Å². The predicted molar refractivity (Wildman–Crippen MR) is 114 cm³/mol. The molecular weight excluding hydrogens is 348 g/mol. The lowest BCUT2D eigenvalue weighted by Crippen LogP contribution is -2.46. The third-order valence-electron chi connectivity index (χ3n) is 5.54. The Bertz CT molecular complexity index is 926. The van der Waals surface area contributed by atoms with Gasteiger partial charge in [0.2, 0.25) is 0 Å². The van der Waals surface area contributed by atoms with Crippen molar-refractivity contribution in [3.8, 4) is 0 Å². The molecule has 2 aromatic carbocycles. The third-order valence-corrected chi connectivity index (χ3v) is 5.54. The van der Waals surface area contributed by atoms with Crippen LogP contribution in [-0.4, -0.2) is 66.6 Å². The predicted octanol–water partition coefficient (Wildman–Crippen LogP) is 2.67. The summed E-state index contributed by atoms with van der Waals surface area (Å²) in [5.41, 5.74) is 3.07. The van der Waals surface area contributed by atoms with Gasteiger partial charge in [0.15, 0.2) is 0 Å². The highest BCUT2D eigenvalue weighted by Crippen LogP contribution is 2.22. The summed E-state index contributed by atoms with van der Waals surface area (Å²) in [5.74, 6) is 0.0112. The van der Waals surface area contributed by atoms with Crippen LogP contribution in [0.2, 0.25) is 0 Å². The zero-order chi connectivity index (χ0) is 19.3. The second kappa shape index (κ2) is 8.59. The molecule has 1 saturated heterocycles. The van der Waals surface area contributed by atoms with Gasteiger partial charge in [0.1, 0.15) is 0 Å². The number of piperazine rings is 1. The zero-order valence-corrected chi connectivity index (χ0v) is 16.5. The maximum atomic E-state index is 12.9. The van der Waals surface area contributed by atoms with Gasteiger partial charge in [-0.15, -0.1) is 0 Å². The van der Waals surface area contributed by atoms with E-state index in [2.05, 4.69) is 44.9 Å². The fraction of sp³-hybridized carbons (Fsp3) is 0.348. The van der Waals surface area contributed by atoms with Crippen molar-refractivity contribution in [1.82, 2.24) is 19.7 Å². The number of fused-ring (bicyclic) bond motifs is 1. The van der Waals surface area contributed by atoms with E-state index in [0.29, 0.717) is 6.54 Å². The minimum absolute atomic E-state index is 0.0112. The normalized spacial score (nSPS) is 15.8. The molecule has 1 aliphatic heterocycles. The minimum Gasteiger partial charge on any atom is -0.351 e. The highest BCUT2D eigenvalue weighted by atomic mass is 16.1. The summed E-state index contributed by atoms with van der Waals surface area (Å²) in [5, 5.41) is 4.13. The average molecular weight is 377 g/mol. The number of nitrogens with zero attached hydrogens (tertiary/aromatic N) is 3. The van der Waals surface area contributed by atoms with Gasteiger partial charge in [0, 0.05) is 62.9 Å². The topological polar surface area (TPSA) is 40.5 Å². The first-order valence-corrected chi connectivity index (χ1v) is 10.0. The number of rotatable bonds is 6. The molecule has 1 aliphatic rings. The molecule has 0 saturated carbocycles. The van der Waals surface area contributed by atoms with Crippen LogP contribution in [0, 0.1) is 0 Å². The molecule has 4 rings (SSSR count). The van der Waals surface area contributed by atoms with E-state index in [9.17, 15) is 4.79 Å². The lowest BCUT2D eigenvalue weighted by atomic mass is 10.1. The molecule has 1 fully saturated rings. The van der Waals surface area contributed by atoms with E-state index in [4.69, 9.17) is 0 Å². The van der Waals surface area contributed by atoms with Crippen molar-refractivity contribution in [3.05, 3.63) is 71.9 Å². The second-order valence-corrected chi connectivity index (χ2v) is 7.57. The van der Waals surface area contributed by atoms with E-state index >= 15 is 0 Å². The summed E-state index contributed by atoms with van der Waals surface area (Å²) in [6.45, 7) is 6.69. The van der Waals surface area contributed by atoms with Crippen molar-refractivity contribution in [1.29, 1.82) is 0 Å². The summed E-state index contributed by atoms with van der Waals surface area (Å²) in [7, 11) is 2.16. The van der Waals surface area contributed by atoms with Crippen LogP contribution in [0.1, 0.15) is 15.9 Å². The van der Waals surface area contributed by atoms with Gasteiger partial charge >= 0.3 is 0 Å². The number of benzene rings is 2. The molecule has 0 aliphatic carbocycles. The number of aromatic nitrogens is 1. The van der Waals surface area contributed by atoms with Crippen molar-refractivity contribution >= 4 is 16.8 Å². The Hall–Kier alpha value is -2.63. The first-order chi connectivity index (χ1) is 13.7. The highest BCUT2D eigenvalue weighted by Gasteiger charge is 2.16. The number of nitrogens with one attached hydrogen (secondary N) is 1. The number of carbonyl (C=O) groups excluding carboxylic acids is 1. The fourth-order valence-corrected chi connectivity index (χ4v) is 3.83. The molecule has 0 spiro atoms. The molecular formula is C23H28N4O. The molecule has 0 unspecified atom stereocenters. The quantitative estimate of drug-likeness (QED) is 0.719. The number of para-hydroxylation sites is 1. The number of hydrogen-bond acceptors (Lipinski definition) is 3. The molecule has 0 bridgehead atoms. The van der Waals surface area contributed by atoms with E-state index in [0.717, 1.165) is 55.7 Å². The Labute approximate surface area is 166 Å². The summed E-state index contributed by atoms with van der Waals surface area (Å²) in [6.07, 6.45) is 1.99. The first kappa shape index (κ1) is 18.7. The molecule has 28 heavy (non-hydrogen) atoms. The van der Waals surface area contributed by atoms with Crippen LogP contribution in [0.5, 0.6) is 0 Å². The molecule has 146 valence electrons. The average Bonchev–Trinajstić information content (AvgIpc) is 3.09. The Morgan fingerprint density at radius 3 is 2.46 bits per heavy atom. The van der Waals surface area contributed by atoms with E-state index in [1.807, 2.05) is 42.6 Å². The van der Waals surface area contributed by atoms with Crippen LogP contribution < -0.4 is 5.32 Å². The Kier molecular flexibility index (Phi) is 5.74. The van der Waals surface area contributed by atoms with Gasteiger partial charge in [-0.05, 0) is 18.7 Å². The lowest BCUT2D eigenvalue weighted by molar-refractivity contribution is 0.0942. The van der Waals surface area contributed by atoms with Crippen LogP contribution in [0.4, 0.5) is 0 Å². The van der Waals surface area contributed by atoms with Crippen molar-refractivity contribution in [2.45, 2.75) is 6.54 Å². The molecule has 5 nitrogen and oxygen atoms in total. The van der Waals surface area contributed by atoms with E-state index in [1.165, 1.54) is 5.56 Å². The largest absolute Gasteiger partial charge is 0.351 e. The molecule has 0 radical (unpaired) electrons. The van der Waals surface area contributed by atoms with Crippen LogP contribution in [-0.2, 0) is 6.54 Å². The van der Waals surface area contributed by atoms with Gasteiger partial charge in [-0.1, -0.05) is 48.5 Å². The Morgan fingerprint density at radius 1 is 0.964 bits per heavy atom. The smallest absolute Gasteiger partial charge is 0.253 e. The van der Waals surface area contributed by atoms with Crippen LogP contribution in [0.25, 0.3) is 10.9 Å². The summed E-state index contributed by atoms with van der Waals surface area (Å²) < 4.78 is 2.17. The SMILES string of the molecule is CN1CCN(CCNC(=O)c2cn(Cc3ccccc3)c3ccccc23)CC1. The summed E-state index contributed by atoms with van der Waals surface area (Å²) in [6, 6.07) is 18.5. The zero-order valence-electron chi connectivity index (χ0n) is 16.5.